The van der Waals surface area contributed by atoms with Gasteiger partial charge in [-0.3, -0.25) is 0 Å². The van der Waals surface area contributed by atoms with Gasteiger partial charge in [0.2, 0.25) is 10.0 Å². The number of rotatable bonds is 5. The Morgan fingerprint density at radius 3 is 2.38 bits per heavy atom. The Morgan fingerprint density at radius 2 is 1.90 bits per heavy atom. The van der Waals surface area contributed by atoms with Crippen LogP contribution in [0, 0.1) is 19.3 Å². The van der Waals surface area contributed by atoms with Crippen molar-refractivity contribution in [2.45, 2.75) is 51.3 Å². The lowest BCUT2D eigenvalue weighted by atomic mass is 9.89. The highest BCUT2D eigenvalue weighted by Gasteiger charge is 2.32. The number of carboxylic acid groups (broad SMARTS) is 1. The van der Waals surface area contributed by atoms with E-state index in [0.29, 0.717) is 12.2 Å². The number of carboxylic acids is 1. The standard InChI is InChI=1S/C14H22N2O4S/c1-9-11(13(17)18)16-10(2)12(9)21(19,20)15-8-14(3)6-4-5-7-14/h15-16H,4-8H2,1-3H3,(H,17,18). The van der Waals surface area contributed by atoms with E-state index in [1.807, 2.05) is 0 Å². The summed E-state index contributed by atoms with van der Waals surface area (Å²) in [6.45, 7) is 5.56. The Kier molecular flexibility index (Phi) is 4.17. The van der Waals surface area contributed by atoms with E-state index < -0.39 is 16.0 Å². The normalized spacial score (nSPS) is 18.0. The molecule has 2 rings (SSSR count). The van der Waals surface area contributed by atoms with Gasteiger partial charge < -0.3 is 10.1 Å². The molecule has 7 heteroatoms. The Hall–Kier alpha value is -1.34. The molecule has 1 aliphatic carbocycles. The van der Waals surface area contributed by atoms with E-state index in [9.17, 15) is 13.2 Å². The Morgan fingerprint density at radius 1 is 1.33 bits per heavy atom. The first-order valence-corrected chi connectivity index (χ1v) is 8.57. The highest BCUT2D eigenvalue weighted by molar-refractivity contribution is 7.89. The molecule has 118 valence electrons. The molecule has 21 heavy (non-hydrogen) atoms. The minimum absolute atomic E-state index is 0.000808. The summed E-state index contributed by atoms with van der Waals surface area (Å²) in [6, 6.07) is 0. The lowest BCUT2D eigenvalue weighted by Crippen LogP contribution is -2.34. The molecular formula is C14H22N2O4S. The van der Waals surface area contributed by atoms with Gasteiger partial charge in [-0.1, -0.05) is 19.8 Å². The molecule has 1 saturated carbocycles. The topological polar surface area (TPSA) is 99.3 Å². The van der Waals surface area contributed by atoms with Crippen LogP contribution in [0.5, 0.6) is 0 Å². The monoisotopic (exact) mass is 314 g/mol. The smallest absolute Gasteiger partial charge is 0.352 e. The summed E-state index contributed by atoms with van der Waals surface area (Å²) in [5.41, 5.74) is 0.541. The summed E-state index contributed by atoms with van der Waals surface area (Å²) in [6.07, 6.45) is 4.29. The average molecular weight is 314 g/mol. The number of aromatic carboxylic acids is 1. The van der Waals surface area contributed by atoms with Crippen LogP contribution in [0.15, 0.2) is 4.90 Å². The molecular weight excluding hydrogens is 292 g/mol. The maximum Gasteiger partial charge on any atom is 0.352 e. The molecule has 0 spiro atoms. The maximum atomic E-state index is 12.5. The number of aryl methyl sites for hydroxylation is 1. The third kappa shape index (κ3) is 3.13. The van der Waals surface area contributed by atoms with E-state index in [1.165, 1.54) is 6.92 Å². The SMILES string of the molecule is Cc1[nH]c(C(=O)O)c(C)c1S(=O)(=O)NCC1(C)CCCC1. The van der Waals surface area contributed by atoms with Crippen molar-refractivity contribution in [1.82, 2.24) is 9.71 Å². The van der Waals surface area contributed by atoms with Crippen LogP contribution >= 0.6 is 0 Å². The van der Waals surface area contributed by atoms with Gasteiger partial charge in [-0.15, -0.1) is 0 Å². The molecule has 0 saturated heterocycles. The molecule has 1 heterocycles. The quantitative estimate of drug-likeness (QED) is 0.775. The molecule has 0 amide bonds. The third-order valence-electron chi connectivity index (χ3n) is 4.35. The number of carbonyl (C=O) groups is 1. The van der Waals surface area contributed by atoms with Crippen LogP contribution in [-0.4, -0.2) is 31.0 Å². The van der Waals surface area contributed by atoms with Crippen molar-refractivity contribution in [3.05, 3.63) is 17.0 Å². The molecule has 1 fully saturated rings. The Labute approximate surface area is 125 Å². The van der Waals surface area contributed by atoms with Gasteiger partial charge in [0.25, 0.3) is 0 Å². The van der Waals surface area contributed by atoms with E-state index in [0.717, 1.165) is 25.7 Å². The van der Waals surface area contributed by atoms with Crippen molar-refractivity contribution >= 4 is 16.0 Å². The number of aromatic amines is 1. The second-order valence-corrected chi connectivity index (χ2v) is 7.93. The fourth-order valence-corrected chi connectivity index (χ4v) is 4.74. The van der Waals surface area contributed by atoms with Gasteiger partial charge in [-0.2, -0.15) is 0 Å². The zero-order valence-electron chi connectivity index (χ0n) is 12.6. The number of hydrogen-bond acceptors (Lipinski definition) is 3. The van der Waals surface area contributed by atoms with Gasteiger partial charge in [0, 0.05) is 17.8 Å². The fraction of sp³-hybridized carbons (Fsp3) is 0.643. The predicted molar refractivity (Wildman–Crippen MR) is 79.0 cm³/mol. The number of nitrogens with one attached hydrogen (secondary N) is 2. The second kappa shape index (κ2) is 5.46. The zero-order valence-corrected chi connectivity index (χ0v) is 13.4. The van der Waals surface area contributed by atoms with Crippen molar-refractivity contribution in [2.75, 3.05) is 6.54 Å². The largest absolute Gasteiger partial charge is 0.477 e. The van der Waals surface area contributed by atoms with Gasteiger partial charge >= 0.3 is 5.97 Å². The molecule has 0 unspecified atom stereocenters. The highest BCUT2D eigenvalue weighted by Crippen LogP contribution is 2.37. The third-order valence-corrected chi connectivity index (χ3v) is 6.03. The molecule has 6 nitrogen and oxygen atoms in total. The van der Waals surface area contributed by atoms with Crippen molar-refractivity contribution in [3.63, 3.8) is 0 Å². The second-order valence-electron chi connectivity index (χ2n) is 6.23. The highest BCUT2D eigenvalue weighted by atomic mass is 32.2. The minimum Gasteiger partial charge on any atom is -0.477 e. The Bertz CT molecular complexity index is 655. The zero-order chi connectivity index (χ0) is 15.8. The van der Waals surface area contributed by atoms with Gasteiger partial charge in [-0.25, -0.2) is 17.9 Å². The summed E-state index contributed by atoms with van der Waals surface area (Å²) < 4.78 is 27.6. The van der Waals surface area contributed by atoms with Gasteiger partial charge in [0.15, 0.2) is 0 Å². The van der Waals surface area contributed by atoms with E-state index in [4.69, 9.17) is 5.11 Å². The summed E-state index contributed by atoms with van der Waals surface area (Å²) in [5, 5.41) is 9.07. The van der Waals surface area contributed by atoms with Crippen molar-refractivity contribution in [1.29, 1.82) is 0 Å². The van der Waals surface area contributed by atoms with Crippen molar-refractivity contribution in [2.24, 2.45) is 5.41 Å². The van der Waals surface area contributed by atoms with Crippen molar-refractivity contribution in [3.8, 4) is 0 Å². The van der Waals surface area contributed by atoms with E-state index in [-0.39, 0.29) is 21.6 Å². The lowest BCUT2D eigenvalue weighted by molar-refractivity contribution is 0.0690. The van der Waals surface area contributed by atoms with Crippen LogP contribution in [0.3, 0.4) is 0 Å². The number of sulfonamides is 1. The predicted octanol–water partition coefficient (Wildman–Crippen LogP) is 2.19. The molecule has 0 aromatic carbocycles. The summed E-state index contributed by atoms with van der Waals surface area (Å²) in [4.78, 5) is 13.8. The molecule has 3 N–H and O–H groups in total. The number of H-pyrrole nitrogens is 1. The average Bonchev–Trinajstić information content (AvgIpc) is 2.92. The van der Waals surface area contributed by atoms with Gasteiger partial charge in [0.05, 0.1) is 0 Å². The van der Waals surface area contributed by atoms with Crippen LogP contribution in [0.1, 0.15) is 54.4 Å². The summed E-state index contributed by atoms with van der Waals surface area (Å²) >= 11 is 0. The molecule has 1 aromatic heterocycles. The molecule has 0 aliphatic heterocycles. The molecule has 0 atom stereocenters. The van der Waals surface area contributed by atoms with Crippen LogP contribution < -0.4 is 4.72 Å². The lowest BCUT2D eigenvalue weighted by Gasteiger charge is -2.23. The maximum absolute atomic E-state index is 12.5. The number of hydrogen-bond donors (Lipinski definition) is 3. The fourth-order valence-electron chi connectivity index (χ4n) is 3.10. The van der Waals surface area contributed by atoms with Gasteiger partial charge in [0.1, 0.15) is 10.6 Å². The molecule has 1 aromatic rings. The molecule has 1 aliphatic rings. The van der Waals surface area contributed by atoms with Crippen molar-refractivity contribution < 1.29 is 18.3 Å². The Balaban J connectivity index is 2.26. The molecule has 0 bridgehead atoms. The minimum atomic E-state index is -3.70. The first-order valence-electron chi connectivity index (χ1n) is 7.08. The van der Waals surface area contributed by atoms with E-state index >= 15 is 0 Å². The van der Waals surface area contributed by atoms with Crippen LogP contribution in [0.25, 0.3) is 0 Å². The van der Waals surface area contributed by atoms with Crippen LogP contribution in [0.4, 0.5) is 0 Å². The van der Waals surface area contributed by atoms with Crippen LogP contribution in [0.2, 0.25) is 0 Å². The first-order chi connectivity index (χ1) is 9.66. The van der Waals surface area contributed by atoms with E-state index in [1.54, 1.807) is 6.92 Å². The number of aromatic nitrogens is 1. The summed E-state index contributed by atoms with van der Waals surface area (Å²) in [7, 11) is -3.70. The van der Waals surface area contributed by atoms with Gasteiger partial charge in [-0.05, 0) is 32.1 Å². The summed E-state index contributed by atoms with van der Waals surface area (Å²) in [5.74, 6) is -1.15. The van der Waals surface area contributed by atoms with E-state index in [2.05, 4.69) is 16.6 Å². The molecule has 0 radical (unpaired) electrons. The first kappa shape index (κ1) is 16.0. The van der Waals surface area contributed by atoms with Crippen LogP contribution in [-0.2, 0) is 10.0 Å².